The molecule has 3 rings (SSSR count). The summed E-state index contributed by atoms with van der Waals surface area (Å²) in [4.78, 5) is 12.6. The van der Waals surface area contributed by atoms with Crippen molar-refractivity contribution < 1.29 is 22.7 Å². The van der Waals surface area contributed by atoms with Crippen molar-refractivity contribution in [1.29, 1.82) is 0 Å². The van der Waals surface area contributed by atoms with E-state index >= 15 is 0 Å². The number of carbonyl (C=O) groups excluding carboxylic acids is 1. The maximum Gasteiger partial charge on any atom is 0.238 e. The highest BCUT2D eigenvalue weighted by Gasteiger charge is 2.58. The van der Waals surface area contributed by atoms with E-state index in [0.29, 0.717) is 32.0 Å². The monoisotopic (exact) mass is 359 g/mol. The first-order valence-electron chi connectivity index (χ1n) is 8.98. The van der Waals surface area contributed by atoms with Gasteiger partial charge < -0.3 is 14.8 Å². The lowest BCUT2D eigenvalue weighted by Crippen LogP contribution is -2.70. The van der Waals surface area contributed by atoms with Gasteiger partial charge in [-0.15, -0.1) is 0 Å². The zero-order chi connectivity index (χ0) is 17.5. The normalized spacial score (nSPS) is 34.7. The van der Waals surface area contributed by atoms with Crippen LogP contribution in [0.1, 0.15) is 46.5 Å². The van der Waals surface area contributed by atoms with Crippen molar-refractivity contribution >= 4 is 15.7 Å². The van der Waals surface area contributed by atoms with E-state index in [1.165, 1.54) is 6.92 Å². The van der Waals surface area contributed by atoms with E-state index in [1.807, 2.05) is 0 Å². The zero-order valence-corrected chi connectivity index (χ0v) is 15.6. The van der Waals surface area contributed by atoms with Crippen LogP contribution in [0.2, 0.25) is 0 Å². The quantitative estimate of drug-likeness (QED) is 0.818. The van der Waals surface area contributed by atoms with E-state index in [1.54, 1.807) is 0 Å². The second kappa shape index (κ2) is 6.57. The Kier molecular flexibility index (Phi) is 4.97. The molecule has 2 aliphatic heterocycles. The van der Waals surface area contributed by atoms with Gasteiger partial charge in [-0.2, -0.15) is 0 Å². The Morgan fingerprint density at radius 3 is 2.50 bits per heavy atom. The Balaban J connectivity index is 1.66. The lowest BCUT2D eigenvalue weighted by Gasteiger charge is -2.60. The zero-order valence-electron chi connectivity index (χ0n) is 14.8. The third-order valence-corrected chi connectivity index (χ3v) is 8.72. The Hall–Kier alpha value is -0.660. The molecule has 1 amide bonds. The van der Waals surface area contributed by atoms with Crippen molar-refractivity contribution in [2.45, 2.75) is 69.1 Å². The van der Waals surface area contributed by atoms with Crippen molar-refractivity contribution in [3.05, 3.63) is 0 Å². The van der Waals surface area contributed by atoms with Crippen molar-refractivity contribution in [3.63, 3.8) is 0 Å². The average Bonchev–Trinajstić information content (AvgIpc) is 2.59. The van der Waals surface area contributed by atoms with Crippen LogP contribution in [0.25, 0.3) is 0 Å². The highest BCUT2D eigenvalue weighted by molar-refractivity contribution is 7.93. The Bertz CT molecular complexity index is 582. The fraction of sp³-hybridized carbons (Fsp3) is 0.941. The first kappa shape index (κ1) is 18.1. The van der Waals surface area contributed by atoms with Crippen LogP contribution in [0.15, 0.2) is 0 Å². The lowest BCUT2D eigenvalue weighted by molar-refractivity contribution is -0.193. The van der Waals surface area contributed by atoms with Crippen LogP contribution >= 0.6 is 0 Å². The number of hydrogen-bond donors (Lipinski definition) is 1. The smallest absolute Gasteiger partial charge is 0.238 e. The molecule has 0 aromatic carbocycles. The molecule has 2 heterocycles. The summed E-state index contributed by atoms with van der Waals surface area (Å²) in [6, 6.07) is -0.0114. The van der Waals surface area contributed by atoms with Gasteiger partial charge in [0.05, 0.1) is 11.4 Å². The van der Waals surface area contributed by atoms with Crippen LogP contribution in [0, 0.1) is 11.3 Å². The second-order valence-electron chi connectivity index (χ2n) is 7.95. The molecule has 6 nitrogen and oxygen atoms in total. The summed E-state index contributed by atoms with van der Waals surface area (Å²) >= 11 is 0. The van der Waals surface area contributed by atoms with E-state index in [4.69, 9.17) is 9.47 Å². The maximum atomic E-state index is 12.7. The minimum absolute atomic E-state index is 0.0114. The maximum absolute atomic E-state index is 12.7. The Morgan fingerprint density at radius 1 is 1.17 bits per heavy atom. The van der Waals surface area contributed by atoms with E-state index in [2.05, 4.69) is 19.2 Å². The molecular weight excluding hydrogens is 330 g/mol. The molecule has 138 valence electrons. The number of carbonyl (C=O) groups is 1. The molecule has 1 aliphatic carbocycles. The molecule has 4 atom stereocenters. The molecular formula is C17H29NO5S. The van der Waals surface area contributed by atoms with E-state index in [0.717, 1.165) is 19.4 Å². The number of hydrogen-bond acceptors (Lipinski definition) is 5. The molecule has 2 saturated heterocycles. The average molecular weight is 359 g/mol. The van der Waals surface area contributed by atoms with Crippen molar-refractivity contribution in [2.24, 2.45) is 11.3 Å². The van der Waals surface area contributed by atoms with E-state index in [-0.39, 0.29) is 23.5 Å². The first-order valence-corrected chi connectivity index (χ1v) is 10.6. The van der Waals surface area contributed by atoms with Crippen molar-refractivity contribution in [3.8, 4) is 0 Å². The fourth-order valence-electron chi connectivity index (χ4n) is 4.53. The molecule has 1 saturated carbocycles. The fourth-order valence-corrected chi connectivity index (χ4v) is 6.32. The molecule has 0 spiro atoms. The summed E-state index contributed by atoms with van der Waals surface area (Å²) < 4.78 is 36.5. The van der Waals surface area contributed by atoms with Crippen LogP contribution in [0.3, 0.4) is 0 Å². The minimum Gasteiger partial charge on any atom is -0.381 e. The van der Waals surface area contributed by atoms with Crippen molar-refractivity contribution in [1.82, 2.24) is 5.32 Å². The Morgan fingerprint density at radius 2 is 1.83 bits per heavy atom. The SMILES string of the molecule is CC(C(=O)NC1C2CCCOC2C1(C)C)S(=O)(=O)C1CCOCC1. The van der Waals surface area contributed by atoms with Crippen LogP contribution in [0.5, 0.6) is 0 Å². The summed E-state index contributed by atoms with van der Waals surface area (Å²) in [6.45, 7) is 7.37. The van der Waals surface area contributed by atoms with Crippen LogP contribution < -0.4 is 5.32 Å². The first-order chi connectivity index (χ1) is 11.3. The van der Waals surface area contributed by atoms with Gasteiger partial charge in [0.15, 0.2) is 9.84 Å². The predicted octanol–water partition coefficient (Wildman–Crippen LogP) is 1.29. The van der Waals surface area contributed by atoms with Crippen LogP contribution in [-0.2, 0) is 24.1 Å². The van der Waals surface area contributed by atoms with Gasteiger partial charge in [0.25, 0.3) is 0 Å². The van der Waals surface area contributed by atoms with Gasteiger partial charge in [-0.3, -0.25) is 4.79 Å². The standard InChI is InChI=1S/C17H29NO5S/c1-11(24(20,21)12-6-9-22-10-7-12)16(19)18-14-13-5-4-8-23-15(13)17(14,2)3/h11-15H,4-10H2,1-3H3,(H,18,19). The van der Waals surface area contributed by atoms with Crippen LogP contribution in [0.4, 0.5) is 0 Å². The van der Waals surface area contributed by atoms with Crippen LogP contribution in [-0.4, -0.2) is 56.8 Å². The summed E-state index contributed by atoms with van der Waals surface area (Å²) in [6.07, 6.45) is 3.15. The molecule has 0 radical (unpaired) electrons. The highest BCUT2D eigenvalue weighted by Crippen LogP contribution is 2.51. The molecule has 0 aromatic heterocycles. The number of fused-ring (bicyclic) bond motifs is 1. The second-order valence-corrected chi connectivity index (χ2v) is 10.5. The van der Waals surface area contributed by atoms with Gasteiger partial charge in [-0.1, -0.05) is 13.8 Å². The minimum atomic E-state index is -3.48. The highest BCUT2D eigenvalue weighted by atomic mass is 32.2. The van der Waals surface area contributed by atoms with E-state index < -0.39 is 20.3 Å². The number of ether oxygens (including phenoxy) is 2. The summed E-state index contributed by atoms with van der Waals surface area (Å²) in [7, 11) is -3.48. The summed E-state index contributed by atoms with van der Waals surface area (Å²) in [5.74, 6) is -0.0701. The molecule has 3 aliphatic rings. The van der Waals surface area contributed by atoms with E-state index in [9.17, 15) is 13.2 Å². The number of nitrogens with one attached hydrogen (secondary N) is 1. The third-order valence-electron chi connectivity index (χ3n) is 6.12. The molecule has 7 heteroatoms. The molecule has 1 N–H and O–H groups in total. The van der Waals surface area contributed by atoms with Gasteiger partial charge >= 0.3 is 0 Å². The van der Waals surface area contributed by atoms with Gasteiger partial charge in [0.2, 0.25) is 5.91 Å². The topological polar surface area (TPSA) is 81.7 Å². The largest absolute Gasteiger partial charge is 0.381 e. The van der Waals surface area contributed by atoms with Gasteiger partial charge in [0.1, 0.15) is 5.25 Å². The molecule has 0 bridgehead atoms. The lowest BCUT2D eigenvalue weighted by atomic mass is 9.55. The number of rotatable bonds is 4. The third kappa shape index (κ3) is 2.99. The predicted molar refractivity (Wildman–Crippen MR) is 90.4 cm³/mol. The van der Waals surface area contributed by atoms with Gasteiger partial charge in [-0.05, 0) is 32.6 Å². The number of amides is 1. The molecule has 24 heavy (non-hydrogen) atoms. The summed E-state index contributed by atoms with van der Waals surface area (Å²) in [5, 5.41) is 1.54. The molecule has 3 fully saturated rings. The molecule has 4 unspecified atom stereocenters. The number of sulfone groups is 1. The van der Waals surface area contributed by atoms with Gasteiger partial charge in [0, 0.05) is 37.2 Å². The van der Waals surface area contributed by atoms with Crippen molar-refractivity contribution in [2.75, 3.05) is 19.8 Å². The molecule has 0 aromatic rings. The summed E-state index contributed by atoms with van der Waals surface area (Å²) in [5.41, 5.74) is -0.150. The Labute approximate surface area is 144 Å². The van der Waals surface area contributed by atoms with Gasteiger partial charge in [-0.25, -0.2) is 8.42 Å².